The molecule has 2 rings (SSSR count). The minimum absolute atomic E-state index is 0.0369. The van der Waals surface area contributed by atoms with Crippen LogP contribution in [0.25, 0.3) is 0 Å². The molecule has 110 valence electrons. The molecule has 0 unspecified atom stereocenters. The third-order valence-corrected chi connectivity index (χ3v) is 3.76. The van der Waals surface area contributed by atoms with Gasteiger partial charge in [-0.15, -0.1) is 0 Å². The second-order valence-corrected chi connectivity index (χ2v) is 6.69. The van der Waals surface area contributed by atoms with E-state index < -0.39 is 0 Å². The van der Waals surface area contributed by atoms with Crippen LogP contribution in [-0.2, 0) is 17.6 Å². The molecule has 0 aromatic heterocycles. The van der Waals surface area contributed by atoms with Gasteiger partial charge in [-0.3, -0.25) is 4.79 Å². The highest BCUT2D eigenvalue weighted by Gasteiger charge is 2.29. The summed E-state index contributed by atoms with van der Waals surface area (Å²) in [5.74, 6) is 0.380. The van der Waals surface area contributed by atoms with Crippen molar-refractivity contribution in [3.8, 4) is 0 Å². The Kier molecular flexibility index (Phi) is 4.95. The van der Waals surface area contributed by atoms with E-state index in [1.54, 1.807) is 0 Å². The first-order valence-corrected chi connectivity index (χ1v) is 7.59. The molecule has 0 saturated carbocycles. The third kappa shape index (κ3) is 4.56. The van der Waals surface area contributed by atoms with Gasteiger partial charge in [-0.1, -0.05) is 81.4 Å². The molecule has 1 nitrogen and oxygen atoms in total. The Hall–Kier alpha value is -1.89. The van der Waals surface area contributed by atoms with Crippen molar-refractivity contribution in [3.63, 3.8) is 0 Å². The molecule has 2 aromatic carbocycles. The highest BCUT2D eigenvalue weighted by atomic mass is 16.1. The maximum absolute atomic E-state index is 12.8. The van der Waals surface area contributed by atoms with E-state index in [1.807, 2.05) is 57.2 Å². The molecule has 0 saturated heterocycles. The smallest absolute Gasteiger partial charge is 0.141 e. The first-order chi connectivity index (χ1) is 9.97. The van der Waals surface area contributed by atoms with Gasteiger partial charge in [0.2, 0.25) is 0 Å². The number of rotatable bonds is 5. The van der Waals surface area contributed by atoms with Crippen LogP contribution in [0.4, 0.5) is 0 Å². The fraction of sp³-hybridized carbons (Fsp3) is 0.350. The summed E-state index contributed by atoms with van der Waals surface area (Å²) < 4.78 is 0. The van der Waals surface area contributed by atoms with Crippen molar-refractivity contribution in [1.82, 2.24) is 0 Å². The minimum Gasteiger partial charge on any atom is -0.299 e. The number of benzene rings is 2. The van der Waals surface area contributed by atoms with Crippen LogP contribution in [0.2, 0.25) is 0 Å². The summed E-state index contributed by atoms with van der Waals surface area (Å²) >= 11 is 0. The number of ketones is 1. The van der Waals surface area contributed by atoms with E-state index in [2.05, 4.69) is 24.3 Å². The molecule has 0 aliphatic heterocycles. The van der Waals surface area contributed by atoms with Crippen molar-refractivity contribution in [2.75, 3.05) is 0 Å². The Labute approximate surface area is 128 Å². The topological polar surface area (TPSA) is 17.1 Å². The fourth-order valence-electron chi connectivity index (χ4n) is 2.67. The first kappa shape index (κ1) is 15.5. The first-order valence-electron chi connectivity index (χ1n) is 7.59. The lowest BCUT2D eigenvalue weighted by Gasteiger charge is -2.25. The van der Waals surface area contributed by atoms with Crippen LogP contribution in [0.15, 0.2) is 60.7 Å². The van der Waals surface area contributed by atoms with Gasteiger partial charge in [-0.2, -0.15) is 0 Å². The number of hydrogen-bond donors (Lipinski definition) is 0. The second kappa shape index (κ2) is 6.71. The lowest BCUT2D eigenvalue weighted by Crippen LogP contribution is -2.31. The van der Waals surface area contributed by atoms with Crippen LogP contribution in [0.3, 0.4) is 0 Å². The van der Waals surface area contributed by atoms with Crippen LogP contribution in [-0.4, -0.2) is 5.78 Å². The Morgan fingerprint density at radius 2 is 1.19 bits per heavy atom. The largest absolute Gasteiger partial charge is 0.299 e. The van der Waals surface area contributed by atoms with Crippen LogP contribution < -0.4 is 0 Å². The highest BCUT2D eigenvalue weighted by molar-refractivity contribution is 5.86. The molecule has 1 heteroatoms. The standard InChI is InChI=1S/C20H24O/c1-20(2,3)19(21)18(14-16-10-6-4-7-11-16)15-17-12-8-5-9-13-17/h4-13,18H,14-15H2,1-3H3. The van der Waals surface area contributed by atoms with E-state index in [0.717, 1.165) is 12.8 Å². The van der Waals surface area contributed by atoms with Crippen molar-refractivity contribution in [3.05, 3.63) is 71.8 Å². The fourth-order valence-corrected chi connectivity index (χ4v) is 2.67. The maximum atomic E-state index is 12.8. The average Bonchev–Trinajstić information content (AvgIpc) is 2.47. The summed E-state index contributed by atoms with van der Waals surface area (Å²) in [6, 6.07) is 20.6. The molecule has 0 aliphatic rings. The van der Waals surface area contributed by atoms with Crippen molar-refractivity contribution >= 4 is 5.78 Å². The lowest BCUT2D eigenvalue weighted by atomic mass is 9.78. The summed E-state index contributed by atoms with van der Waals surface area (Å²) in [7, 11) is 0. The molecule has 0 aliphatic carbocycles. The van der Waals surface area contributed by atoms with E-state index in [9.17, 15) is 4.79 Å². The predicted molar refractivity (Wildman–Crippen MR) is 88.2 cm³/mol. The zero-order chi connectivity index (χ0) is 15.3. The van der Waals surface area contributed by atoms with Gasteiger partial charge in [0.1, 0.15) is 5.78 Å². The van der Waals surface area contributed by atoms with Gasteiger partial charge in [0.05, 0.1) is 0 Å². The molecule has 0 bridgehead atoms. The molecule has 0 heterocycles. The van der Waals surface area contributed by atoms with Gasteiger partial charge in [-0.05, 0) is 24.0 Å². The molecule has 2 aromatic rings. The molecule has 0 N–H and O–H groups in total. The zero-order valence-electron chi connectivity index (χ0n) is 13.2. The van der Waals surface area contributed by atoms with Gasteiger partial charge < -0.3 is 0 Å². The molecule has 0 atom stereocenters. The van der Waals surface area contributed by atoms with Crippen LogP contribution in [0.1, 0.15) is 31.9 Å². The normalized spacial score (nSPS) is 11.6. The number of hydrogen-bond acceptors (Lipinski definition) is 1. The van der Waals surface area contributed by atoms with E-state index in [0.29, 0.717) is 5.78 Å². The predicted octanol–water partition coefficient (Wildman–Crippen LogP) is 4.70. The molecule has 21 heavy (non-hydrogen) atoms. The second-order valence-electron chi connectivity index (χ2n) is 6.69. The maximum Gasteiger partial charge on any atom is 0.141 e. The lowest BCUT2D eigenvalue weighted by molar-refractivity contribution is -0.130. The number of Topliss-reactive ketones (excluding diaryl/α,β-unsaturated/α-hetero) is 1. The summed E-state index contributed by atoms with van der Waals surface area (Å²) in [6.07, 6.45) is 1.62. The Balaban J connectivity index is 2.20. The quantitative estimate of drug-likeness (QED) is 0.775. The van der Waals surface area contributed by atoms with Gasteiger partial charge in [-0.25, -0.2) is 0 Å². The molecular formula is C20H24O. The summed E-state index contributed by atoms with van der Waals surface area (Å²) in [4.78, 5) is 12.8. The zero-order valence-corrected chi connectivity index (χ0v) is 13.2. The van der Waals surface area contributed by atoms with Crippen molar-refractivity contribution in [1.29, 1.82) is 0 Å². The van der Waals surface area contributed by atoms with Crippen LogP contribution in [0, 0.1) is 11.3 Å². The molecule has 0 spiro atoms. The Morgan fingerprint density at radius 1 is 0.810 bits per heavy atom. The number of carbonyl (C=O) groups excluding carboxylic acids is 1. The van der Waals surface area contributed by atoms with E-state index in [1.165, 1.54) is 11.1 Å². The summed E-state index contributed by atoms with van der Waals surface area (Å²) in [5, 5.41) is 0. The van der Waals surface area contributed by atoms with Gasteiger partial charge in [0.25, 0.3) is 0 Å². The minimum atomic E-state index is -0.297. The summed E-state index contributed by atoms with van der Waals surface area (Å²) in [6.45, 7) is 6.04. The molecule has 0 amide bonds. The van der Waals surface area contributed by atoms with Gasteiger partial charge in [0.15, 0.2) is 0 Å². The third-order valence-electron chi connectivity index (χ3n) is 3.76. The van der Waals surface area contributed by atoms with E-state index in [4.69, 9.17) is 0 Å². The average molecular weight is 280 g/mol. The van der Waals surface area contributed by atoms with Crippen LogP contribution in [0.5, 0.6) is 0 Å². The number of carbonyl (C=O) groups is 1. The Bertz CT molecular complexity index is 522. The van der Waals surface area contributed by atoms with Crippen molar-refractivity contribution in [2.45, 2.75) is 33.6 Å². The molecular weight excluding hydrogens is 256 g/mol. The van der Waals surface area contributed by atoms with Crippen molar-refractivity contribution < 1.29 is 4.79 Å². The van der Waals surface area contributed by atoms with E-state index >= 15 is 0 Å². The molecule has 0 radical (unpaired) electrons. The highest BCUT2D eigenvalue weighted by Crippen LogP contribution is 2.25. The Morgan fingerprint density at radius 3 is 1.52 bits per heavy atom. The SMILES string of the molecule is CC(C)(C)C(=O)C(Cc1ccccc1)Cc1ccccc1. The van der Waals surface area contributed by atoms with Crippen molar-refractivity contribution in [2.24, 2.45) is 11.3 Å². The van der Waals surface area contributed by atoms with Gasteiger partial charge >= 0.3 is 0 Å². The monoisotopic (exact) mass is 280 g/mol. The van der Waals surface area contributed by atoms with Crippen LogP contribution >= 0.6 is 0 Å². The van der Waals surface area contributed by atoms with Gasteiger partial charge in [0, 0.05) is 11.3 Å². The van der Waals surface area contributed by atoms with E-state index in [-0.39, 0.29) is 11.3 Å². The molecule has 0 fully saturated rings. The summed E-state index contributed by atoms with van der Waals surface area (Å²) in [5.41, 5.74) is 2.17.